The smallest absolute Gasteiger partial charge is 0.145 e. The average molecular weight is 476 g/mol. The van der Waals surface area contributed by atoms with Crippen molar-refractivity contribution in [3.8, 4) is 5.69 Å². The predicted molar refractivity (Wildman–Crippen MR) is 115 cm³/mol. The highest BCUT2D eigenvalue weighted by atomic mass is 127. The number of hydrogen-bond donors (Lipinski definition) is 3. The molecule has 0 radical (unpaired) electrons. The maximum Gasteiger partial charge on any atom is 0.145 e. The van der Waals surface area contributed by atoms with Crippen LogP contribution in [0.4, 0.5) is 11.6 Å². The van der Waals surface area contributed by atoms with Gasteiger partial charge in [-0.25, -0.2) is 4.68 Å². The number of aromatic nitrogens is 6. The first kappa shape index (κ1) is 20.4. The van der Waals surface area contributed by atoms with Crippen molar-refractivity contribution in [2.75, 3.05) is 11.5 Å². The Hall–Kier alpha value is -2.95. The van der Waals surface area contributed by atoms with Gasteiger partial charge in [-0.2, -0.15) is 10.2 Å². The number of nitrogens with one attached hydrogen (secondary N) is 1. The van der Waals surface area contributed by atoms with Crippen LogP contribution in [0.2, 0.25) is 0 Å². The van der Waals surface area contributed by atoms with Gasteiger partial charge in [-0.05, 0) is 66.8 Å². The average Bonchev–Trinajstić information content (AvgIpc) is 3.30. The summed E-state index contributed by atoms with van der Waals surface area (Å²) in [6.45, 7) is 3.93. The third kappa shape index (κ3) is 7.44. The van der Waals surface area contributed by atoms with Crippen LogP contribution in [0.3, 0.4) is 0 Å². The Bertz CT molecular complexity index is 894. The van der Waals surface area contributed by atoms with E-state index in [4.69, 9.17) is 11.5 Å². The SMILES string of the molecule is Cc1ccc(-n2ccc(N)n2)cn1.Cc1ccc(I)cn1.Nc1ccn[nH]1. The fraction of sp³-hybridized carbons (Fsp3) is 0.111. The van der Waals surface area contributed by atoms with Gasteiger partial charge >= 0.3 is 0 Å². The molecule has 5 N–H and O–H groups in total. The molecular formula is C18H21IN8. The van der Waals surface area contributed by atoms with E-state index >= 15 is 0 Å². The van der Waals surface area contributed by atoms with Crippen LogP contribution in [0.25, 0.3) is 5.69 Å². The van der Waals surface area contributed by atoms with Crippen LogP contribution in [0.1, 0.15) is 11.4 Å². The number of anilines is 2. The van der Waals surface area contributed by atoms with E-state index in [9.17, 15) is 0 Å². The Kier molecular flexibility index (Phi) is 7.74. The lowest BCUT2D eigenvalue weighted by Gasteiger charge is -1.99. The molecule has 27 heavy (non-hydrogen) atoms. The molecule has 0 saturated heterocycles. The summed E-state index contributed by atoms with van der Waals surface area (Å²) >= 11 is 2.23. The fourth-order valence-corrected chi connectivity index (χ4v) is 2.11. The minimum absolute atomic E-state index is 0.514. The van der Waals surface area contributed by atoms with Gasteiger partial charge < -0.3 is 11.5 Å². The van der Waals surface area contributed by atoms with Gasteiger partial charge in [-0.1, -0.05) is 0 Å². The number of pyridine rings is 2. The van der Waals surface area contributed by atoms with E-state index in [0.29, 0.717) is 11.6 Å². The molecule has 0 aliphatic heterocycles. The molecule has 0 spiro atoms. The molecule has 0 fully saturated rings. The second kappa shape index (κ2) is 10.3. The summed E-state index contributed by atoms with van der Waals surface area (Å²) in [4.78, 5) is 8.23. The summed E-state index contributed by atoms with van der Waals surface area (Å²) in [6.07, 6.45) is 7.04. The van der Waals surface area contributed by atoms with Crippen molar-refractivity contribution in [3.63, 3.8) is 0 Å². The summed E-state index contributed by atoms with van der Waals surface area (Å²) in [6, 6.07) is 11.4. The van der Waals surface area contributed by atoms with E-state index in [0.717, 1.165) is 17.1 Å². The standard InChI is InChI=1S/C9H10N4.C6H6IN.C3H5N3/c1-7-2-3-8(6-11-7)13-5-4-9(10)12-13;1-5-2-3-6(7)4-8-5;4-3-1-2-5-6-3/h2-6H,1H3,(H2,10,12);2-4H,1H3;1-2H,(H3,4,5,6). The summed E-state index contributed by atoms with van der Waals surface area (Å²) in [5, 5.41) is 10.2. The van der Waals surface area contributed by atoms with Gasteiger partial charge in [-0.15, -0.1) is 0 Å². The predicted octanol–water partition coefficient (Wildman–Crippen LogP) is 3.14. The number of nitrogen functional groups attached to an aromatic ring is 2. The van der Waals surface area contributed by atoms with Gasteiger partial charge in [0, 0.05) is 33.4 Å². The second-order valence-electron chi connectivity index (χ2n) is 5.47. The van der Waals surface area contributed by atoms with Crippen LogP contribution in [0.15, 0.2) is 61.2 Å². The molecule has 9 heteroatoms. The fourth-order valence-electron chi connectivity index (χ4n) is 1.79. The summed E-state index contributed by atoms with van der Waals surface area (Å²) in [5.74, 6) is 1.12. The summed E-state index contributed by atoms with van der Waals surface area (Å²) in [7, 11) is 0. The maximum atomic E-state index is 5.49. The number of nitrogens with zero attached hydrogens (tertiary/aromatic N) is 5. The van der Waals surface area contributed by atoms with E-state index in [2.05, 4.69) is 47.9 Å². The zero-order valence-corrected chi connectivity index (χ0v) is 17.2. The van der Waals surface area contributed by atoms with E-state index < -0.39 is 0 Å². The quantitative estimate of drug-likeness (QED) is 0.363. The van der Waals surface area contributed by atoms with Gasteiger partial charge in [-0.3, -0.25) is 15.1 Å². The summed E-state index contributed by atoms with van der Waals surface area (Å²) < 4.78 is 2.88. The molecule has 0 aliphatic rings. The minimum Gasteiger partial charge on any atom is -0.384 e. The van der Waals surface area contributed by atoms with Crippen LogP contribution in [0, 0.1) is 17.4 Å². The highest BCUT2D eigenvalue weighted by Crippen LogP contribution is 2.07. The van der Waals surface area contributed by atoms with E-state index in [1.807, 2.05) is 50.5 Å². The van der Waals surface area contributed by atoms with Crippen LogP contribution < -0.4 is 11.5 Å². The van der Waals surface area contributed by atoms with Crippen molar-refractivity contribution >= 4 is 34.2 Å². The van der Waals surface area contributed by atoms with Crippen LogP contribution in [-0.2, 0) is 0 Å². The molecule has 0 saturated carbocycles. The zero-order valence-electron chi connectivity index (χ0n) is 15.0. The van der Waals surface area contributed by atoms with Gasteiger partial charge in [0.1, 0.15) is 11.6 Å². The molecule has 8 nitrogen and oxygen atoms in total. The lowest BCUT2D eigenvalue weighted by atomic mass is 10.3. The molecule has 4 rings (SSSR count). The number of halogens is 1. The molecule has 0 aliphatic carbocycles. The molecular weight excluding hydrogens is 455 g/mol. The first-order chi connectivity index (χ1) is 12.9. The van der Waals surface area contributed by atoms with Gasteiger partial charge in [0.05, 0.1) is 18.1 Å². The monoisotopic (exact) mass is 476 g/mol. The molecule has 0 amide bonds. The third-order valence-electron chi connectivity index (χ3n) is 3.17. The lowest BCUT2D eigenvalue weighted by molar-refractivity contribution is 0.877. The van der Waals surface area contributed by atoms with Gasteiger partial charge in [0.15, 0.2) is 0 Å². The Morgan fingerprint density at radius 2 is 1.63 bits per heavy atom. The van der Waals surface area contributed by atoms with Crippen LogP contribution >= 0.6 is 22.6 Å². The lowest BCUT2D eigenvalue weighted by Crippen LogP contribution is -1.97. The van der Waals surface area contributed by atoms with Crippen molar-refractivity contribution in [1.82, 2.24) is 29.9 Å². The van der Waals surface area contributed by atoms with E-state index in [1.54, 1.807) is 29.2 Å². The molecule has 4 aromatic rings. The zero-order chi connectivity index (χ0) is 19.6. The third-order valence-corrected chi connectivity index (χ3v) is 3.81. The number of hydrogen-bond acceptors (Lipinski definition) is 6. The Balaban J connectivity index is 0.000000159. The van der Waals surface area contributed by atoms with E-state index in [-0.39, 0.29) is 0 Å². The van der Waals surface area contributed by atoms with Crippen molar-refractivity contribution in [2.24, 2.45) is 0 Å². The number of aromatic amines is 1. The Labute approximate surface area is 171 Å². The summed E-state index contributed by atoms with van der Waals surface area (Å²) in [5.41, 5.74) is 13.6. The molecule has 0 atom stereocenters. The maximum absolute atomic E-state index is 5.49. The van der Waals surface area contributed by atoms with Gasteiger partial charge in [0.2, 0.25) is 0 Å². The topological polar surface area (TPSA) is 124 Å². The number of rotatable bonds is 1. The number of nitrogens with two attached hydrogens (primary N) is 2. The normalized spacial score (nSPS) is 9.59. The highest BCUT2D eigenvalue weighted by Gasteiger charge is 1.97. The molecule has 140 valence electrons. The highest BCUT2D eigenvalue weighted by molar-refractivity contribution is 14.1. The van der Waals surface area contributed by atoms with Crippen molar-refractivity contribution < 1.29 is 0 Å². The molecule has 0 bridgehead atoms. The van der Waals surface area contributed by atoms with E-state index in [1.165, 1.54) is 3.57 Å². The van der Waals surface area contributed by atoms with Crippen molar-refractivity contribution in [2.45, 2.75) is 13.8 Å². The number of aryl methyl sites for hydroxylation is 2. The molecule has 0 aromatic carbocycles. The van der Waals surface area contributed by atoms with Gasteiger partial charge in [0.25, 0.3) is 0 Å². The molecule has 4 heterocycles. The Morgan fingerprint density at radius 1 is 0.926 bits per heavy atom. The first-order valence-electron chi connectivity index (χ1n) is 8.01. The number of H-pyrrole nitrogens is 1. The largest absolute Gasteiger partial charge is 0.384 e. The first-order valence-corrected chi connectivity index (χ1v) is 9.09. The molecule has 0 unspecified atom stereocenters. The second-order valence-corrected chi connectivity index (χ2v) is 6.72. The molecule has 4 aromatic heterocycles. The Morgan fingerprint density at radius 3 is 2.00 bits per heavy atom. The van der Waals surface area contributed by atoms with Crippen molar-refractivity contribution in [1.29, 1.82) is 0 Å². The van der Waals surface area contributed by atoms with Crippen LogP contribution in [0.5, 0.6) is 0 Å². The minimum atomic E-state index is 0.514. The van der Waals surface area contributed by atoms with Crippen LogP contribution in [-0.4, -0.2) is 29.9 Å². The van der Waals surface area contributed by atoms with Crippen molar-refractivity contribution in [3.05, 3.63) is 76.1 Å².